The molecule has 0 fully saturated rings. The van der Waals surface area contributed by atoms with Crippen LogP contribution in [0.25, 0.3) is 0 Å². The van der Waals surface area contributed by atoms with Crippen LogP contribution in [0.5, 0.6) is 0 Å². The Bertz CT molecular complexity index is 1160. The van der Waals surface area contributed by atoms with E-state index < -0.39 is 10.0 Å². The maximum atomic E-state index is 13.4. The lowest BCUT2D eigenvalue weighted by atomic mass is 10.1. The Morgan fingerprint density at radius 2 is 1.52 bits per heavy atom. The highest BCUT2D eigenvalue weighted by molar-refractivity contribution is 7.92. The number of sulfonamides is 1. The van der Waals surface area contributed by atoms with Crippen molar-refractivity contribution in [1.82, 2.24) is 5.32 Å². The van der Waals surface area contributed by atoms with Crippen LogP contribution in [0.1, 0.15) is 35.2 Å². The quantitative estimate of drug-likeness (QED) is 0.585. The summed E-state index contributed by atoms with van der Waals surface area (Å²) >= 11 is 0. The normalized spacial score (nSPS) is 12.3. The summed E-state index contributed by atoms with van der Waals surface area (Å²) in [4.78, 5) is 13.1. The van der Waals surface area contributed by atoms with Gasteiger partial charge < -0.3 is 5.32 Å². The van der Waals surface area contributed by atoms with Crippen LogP contribution < -0.4 is 9.62 Å². The van der Waals surface area contributed by atoms with E-state index in [9.17, 15) is 13.2 Å². The molecule has 1 atom stereocenters. The molecule has 0 aromatic heterocycles. The standard InChI is InChI=1S/C25H28N2O3S/c1-18-10-13-22(14-11-18)21(4)26-25(28)17-27(24-15-12-19(2)16-20(24)3)31(29,30)23-8-6-5-7-9-23/h5-16,21H,17H2,1-4H3,(H,26,28)/t21-/m1/s1. The first kappa shape index (κ1) is 22.6. The molecule has 3 rings (SSSR count). The summed E-state index contributed by atoms with van der Waals surface area (Å²) in [5, 5.41) is 2.93. The van der Waals surface area contributed by atoms with Crippen LogP contribution in [-0.2, 0) is 14.8 Å². The summed E-state index contributed by atoms with van der Waals surface area (Å²) in [6, 6.07) is 21.4. The number of rotatable bonds is 7. The lowest BCUT2D eigenvalue weighted by molar-refractivity contribution is -0.120. The Morgan fingerprint density at radius 1 is 0.903 bits per heavy atom. The Morgan fingerprint density at radius 3 is 2.13 bits per heavy atom. The van der Waals surface area contributed by atoms with E-state index >= 15 is 0 Å². The van der Waals surface area contributed by atoms with E-state index in [-0.39, 0.29) is 23.4 Å². The molecule has 0 unspecified atom stereocenters. The molecule has 0 spiro atoms. The SMILES string of the molecule is Cc1ccc([C@@H](C)NC(=O)CN(c2ccc(C)cc2C)S(=O)(=O)c2ccccc2)cc1. The van der Waals surface area contributed by atoms with Crippen LogP contribution in [0.2, 0.25) is 0 Å². The summed E-state index contributed by atoms with van der Waals surface area (Å²) in [6.45, 7) is 7.38. The van der Waals surface area contributed by atoms with E-state index in [1.165, 1.54) is 4.31 Å². The lowest BCUT2D eigenvalue weighted by Gasteiger charge is -2.26. The predicted molar refractivity (Wildman–Crippen MR) is 125 cm³/mol. The third kappa shape index (κ3) is 5.33. The van der Waals surface area contributed by atoms with Gasteiger partial charge in [0.2, 0.25) is 5.91 Å². The van der Waals surface area contributed by atoms with Crippen LogP contribution in [-0.4, -0.2) is 20.9 Å². The van der Waals surface area contributed by atoms with Crippen molar-refractivity contribution in [3.63, 3.8) is 0 Å². The molecule has 3 aromatic rings. The molecule has 3 aromatic carbocycles. The first-order chi connectivity index (χ1) is 14.7. The Kier molecular flexibility index (Phi) is 6.81. The van der Waals surface area contributed by atoms with E-state index in [1.807, 2.05) is 64.1 Å². The van der Waals surface area contributed by atoms with Crippen LogP contribution in [0.15, 0.2) is 77.7 Å². The molecule has 0 saturated heterocycles. The van der Waals surface area contributed by atoms with Crippen molar-refractivity contribution in [1.29, 1.82) is 0 Å². The topological polar surface area (TPSA) is 66.5 Å². The van der Waals surface area contributed by atoms with Gasteiger partial charge in [0.1, 0.15) is 6.54 Å². The van der Waals surface area contributed by atoms with Crippen molar-refractivity contribution in [2.45, 2.75) is 38.6 Å². The number of nitrogens with zero attached hydrogens (tertiary/aromatic N) is 1. The van der Waals surface area contributed by atoms with Crippen molar-refractivity contribution in [3.05, 3.63) is 95.1 Å². The average Bonchev–Trinajstić information content (AvgIpc) is 2.73. The van der Waals surface area contributed by atoms with Crippen molar-refractivity contribution >= 4 is 21.6 Å². The number of hydrogen-bond donors (Lipinski definition) is 1. The number of amides is 1. The zero-order valence-corrected chi connectivity index (χ0v) is 19.1. The first-order valence-corrected chi connectivity index (χ1v) is 11.6. The largest absolute Gasteiger partial charge is 0.348 e. The molecule has 6 heteroatoms. The molecule has 0 aliphatic carbocycles. The van der Waals surface area contributed by atoms with Crippen molar-refractivity contribution in [3.8, 4) is 0 Å². The molecule has 162 valence electrons. The monoisotopic (exact) mass is 436 g/mol. The third-order valence-electron chi connectivity index (χ3n) is 5.19. The molecule has 0 radical (unpaired) electrons. The zero-order chi connectivity index (χ0) is 22.6. The minimum Gasteiger partial charge on any atom is -0.348 e. The lowest BCUT2D eigenvalue weighted by Crippen LogP contribution is -2.41. The zero-order valence-electron chi connectivity index (χ0n) is 18.3. The molecule has 31 heavy (non-hydrogen) atoms. The van der Waals surface area contributed by atoms with Crippen LogP contribution >= 0.6 is 0 Å². The Balaban J connectivity index is 1.91. The fourth-order valence-corrected chi connectivity index (χ4v) is 4.97. The fraction of sp³-hybridized carbons (Fsp3) is 0.240. The van der Waals surface area contributed by atoms with Gasteiger partial charge in [-0.25, -0.2) is 8.42 Å². The number of aryl methyl sites for hydroxylation is 3. The van der Waals surface area contributed by atoms with E-state index in [0.29, 0.717) is 5.69 Å². The third-order valence-corrected chi connectivity index (χ3v) is 6.97. The van der Waals surface area contributed by atoms with Gasteiger partial charge in [0.15, 0.2) is 0 Å². The maximum absolute atomic E-state index is 13.4. The molecule has 1 N–H and O–H groups in total. The number of carbonyl (C=O) groups excluding carboxylic acids is 1. The second kappa shape index (κ2) is 9.35. The van der Waals surface area contributed by atoms with Gasteiger partial charge in [0.25, 0.3) is 10.0 Å². The summed E-state index contributed by atoms with van der Waals surface area (Å²) in [5.41, 5.74) is 4.41. The van der Waals surface area contributed by atoms with Crippen molar-refractivity contribution in [2.75, 3.05) is 10.8 Å². The highest BCUT2D eigenvalue weighted by Crippen LogP contribution is 2.27. The molecule has 0 bridgehead atoms. The minimum absolute atomic E-state index is 0.148. The van der Waals surface area contributed by atoms with Gasteiger partial charge in [0.05, 0.1) is 16.6 Å². The Labute approximate surface area is 184 Å². The summed E-state index contributed by atoms with van der Waals surface area (Å²) in [5.74, 6) is -0.368. The van der Waals surface area contributed by atoms with E-state index in [4.69, 9.17) is 0 Å². The Hall–Kier alpha value is -3.12. The molecule has 0 heterocycles. The molecular weight excluding hydrogens is 408 g/mol. The van der Waals surface area contributed by atoms with Crippen molar-refractivity contribution in [2.24, 2.45) is 0 Å². The summed E-state index contributed by atoms with van der Waals surface area (Å²) in [7, 11) is -3.92. The molecule has 0 aliphatic rings. The molecule has 0 saturated carbocycles. The second-order valence-corrected chi connectivity index (χ2v) is 9.68. The predicted octanol–water partition coefficient (Wildman–Crippen LogP) is 4.68. The second-order valence-electron chi connectivity index (χ2n) is 7.81. The van der Waals surface area contributed by atoms with Gasteiger partial charge in [0, 0.05) is 0 Å². The van der Waals surface area contributed by atoms with Crippen molar-refractivity contribution < 1.29 is 13.2 Å². The molecule has 0 aliphatic heterocycles. The first-order valence-electron chi connectivity index (χ1n) is 10.2. The van der Waals surface area contributed by atoms with Crippen LogP contribution in [0.4, 0.5) is 5.69 Å². The number of hydrogen-bond acceptors (Lipinski definition) is 3. The van der Waals surface area contributed by atoms with Gasteiger partial charge >= 0.3 is 0 Å². The highest BCUT2D eigenvalue weighted by atomic mass is 32.2. The molecule has 1 amide bonds. The van der Waals surface area contributed by atoms with Gasteiger partial charge in [-0.05, 0) is 57.0 Å². The minimum atomic E-state index is -3.92. The average molecular weight is 437 g/mol. The number of benzene rings is 3. The number of anilines is 1. The summed E-state index contributed by atoms with van der Waals surface area (Å²) < 4.78 is 28.1. The highest BCUT2D eigenvalue weighted by Gasteiger charge is 2.28. The van der Waals surface area contributed by atoms with Crippen LogP contribution in [0, 0.1) is 20.8 Å². The van der Waals surface area contributed by atoms with E-state index in [1.54, 1.807) is 36.4 Å². The van der Waals surface area contributed by atoms with E-state index in [2.05, 4.69) is 5.32 Å². The van der Waals surface area contributed by atoms with Gasteiger partial charge in [-0.2, -0.15) is 0 Å². The number of nitrogens with one attached hydrogen (secondary N) is 1. The van der Waals surface area contributed by atoms with E-state index in [0.717, 1.165) is 22.3 Å². The van der Waals surface area contributed by atoms with Gasteiger partial charge in [-0.15, -0.1) is 0 Å². The smallest absolute Gasteiger partial charge is 0.264 e. The van der Waals surface area contributed by atoms with Gasteiger partial charge in [-0.3, -0.25) is 9.10 Å². The van der Waals surface area contributed by atoms with Crippen LogP contribution in [0.3, 0.4) is 0 Å². The molecular formula is C25H28N2O3S. The maximum Gasteiger partial charge on any atom is 0.264 e. The summed E-state index contributed by atoms with van der Waals surface area (Å²) in [6.07, 6.45) is 0. The van der Waals surface area contributed by atoms with Gasteiger partial charge in [-0.1, -0.05) is 65.7 Å². The number of carbonyl (C=O) groups is 1. The molecule has 5 nitrogen and oxygen atoms in total. The fourth-order valence-electron chi connectivity index (χ4n) is 3.46.